The van der Waals surface area contributed by atoms with Gasteiger partial charge in [-0.15, -0.1) is 0 Å². The van der Waals surface area contributed by atoms with Crippen LogP contribution in [0.1, 0.15) is 45.7 Å². The van der Waals surface area contributed by atoms with Gasteiger partial charge < -0.3 is 9.88 Å². The van der Waals surface area contributed by atoms with Gasteiger partial charge in [0.05, 0.1) is 5.92 Å². The first-order chi connectivity index (χ1) is 13.3. The molecule has 0 bridgehead atoms. The zero-order valence-corrected chi connectivity index (χ0v) is 18.0. The van der Waals surface area contributed by atoms with Crippen molar-refractivity contribution in [1.29, 1.82) is 0 Å². The van der Waals surface area contributed by atoms with Crippen molar-refractivity contribution in [3.8, 4) is 0 Å². The summed E-state index contributed by atoms with van der Waals surface area (Å²) in [6.07, 6.45) is 5.44. The van der Waals surface area contributed by atoms with Crippen molar-refractivity contribution in [3.63, 3.8) is 0 Å². The Balaban J connectivity index is 1.75. The van der Waals surface area contributed by atoms with E-state index in [1.54, 1.807) is 0 Å². The molecule has 0 saturated heterocycles. The second-order valence-corrected chi connectivity index (χ2v) is 9.25. The first-order valence-corrected chi connectivity index (χ1v) is 10.6. The van der Waals surface area contributed by atoms with Gasteiger partial charge in [-0.3, -0.25) is 9.69 Å². The van der Waals surface area contributed by atoms with Crippen molar-refractivity contribution in [2.75, 3.05) is 13.6 Å². The highest BCUT2D eigenvalue weighted by Crippen LogP contribution is 2.41. The number of aromatic nitrogens is 1. The van der Waals surface area contributed by atoms with Gasteiger partial charge >= 0.3 is 0 Å². The molecule has 0 spiro atoms. The fraction of sp³-hybridized carbons (Fsp3) is 0.542. The minimum atomic E-state index is -0.0874. The summed E-state index contributed by atoms with van der Waals surface area (Å²) in [5, 5.41) is 1.34. The van der Waals surface area contributed by atoms with Crippen LogP contribution in [-0.2, 0) is 11.2 Å². The van der Waals surface area contributed by atoms with Crippen LogP contribution in [-0.4, -0.2) is 52.4 Å². The van der Waals surface area contributed by atoms with Crippen LogP contribution in [0, 0.1) is 11.8 Å². The molecule has 150 valence electrons. The average molecular weight is 380 g/mol. The number of fused-ring (bicyclic) bond motifs is 2. The number of rotatable bonds is 4. The summed E-state index contributed by atoms with van der Waals surface area (Å²) < 4.78 is 0. The molecule has 1 amide bonds. The number of aromatic amines is 1. The molecule has 3 atom stereocenters. The Kier molecular flexibility index (Phi) is 4.86. The summed E-state index contributed by atoms with van der Waals surface area (Å²) in [4.78, 5) is 21.5. The predicted octanol–water partition coefficient (Wildman–Crippen LogP) is 4.32. The summed E-state index contributed by atoms with van der Waals surface area (Å²) in [7, 11) is 2.17. The second-order valence-electron chi connectivity index (χ2n) is 9.25. The molecule has 0 radical (unpaired) electrons. The van der Waals surface area contributed by atoms with E-state index in [9.17, 15) is 4.79 Å². The predicted molar refractivity (Wildman–Crippen MR) is 116 cm³/mol. The third kappa shape index (κ3) is 2.98. The van der Waals surface area contributed by atoms with E-state index in [2.05, 4.69) is 86.9 Å². The number of amides is 1. The van der Waals surface area contributed by atoms with Crippen molar-refractivity contribution in [2.24, 2.45) is 11.8 Å². The van der Waals surface area contributed by atoms with Gasteiger partial charge in [0.15, 0.2) is 0 Å². The Labute approximate surface area is 168 Å². The second kappa shape index (κ2) is 7.07. The van der Waals surface area contributed by atoms with Crippen LogP contribution < -0.4 is 0 Å². The molecular weight excluding hydrogens is 346 g/mol. The Morgan fingerprint density at radius 1 is 1.21 bits per heavy atom. The molecule has 28 heavy (non-hydrogen) atoms. The van der Waals surface area contributed by atoms with Crippen molar-refractivity contribution in [2.45, 2.75) is 59.2 Å². The van der Waals surface area contributed by atoms with Crippen molar-refractivity contribution in [3.05, 3.63) is 41.6 Å². The Morgan fingerprint density at radius 2 is 1.96 bits per heavy atom. The maximum Gasteiger partial charge on any atom is 0.231 e. The lowest BCUT2D eigenvalue weighted by molar-refractivity contribution is -0.139. The Bertz CT molecular complexity index is 923. The number of hydrogen-bond donors (Lipinski definition) is 1. The average Bonchev–Trinajstić information content (AvgIpc) is 3.06. The van der Waals surface area contributed by atoms with E-state index < -0.39 is 0 Å². The maximum absolute atomic E-state index is 13.6. The lowest BCUT2D eigenvalue weighted by Gasteiger charge is -2.43. The number of benzene rings is 1. The zero-order chi connectivity index (χ0) is 20.2. The normalized spacial score (nSPS) is 23.1. The smallest absolute Gasteiger partial charge is 0.231 e. The summed E-state index contributed by atoms with van der Waals surface area (Å²) in [5.74, 6) is 0.621. The van der Waals surface area contributed by atoms with Gasteiger partial charge in [-0.25, -0.2) is 0 Å². The van der Waals surface area contributed by atoms with Crippen LogP contribution in [0.3, 0.4) is 0 Å². The van der Waals surface area contributed by atoms with Crippen LogP contribution >= 0.6 is 0 Å². The molecule has 1 aromatic carbocycles. The molecule has 1 N–H and O–H groups in total. The van der Waals surface area contributed by atoms with Gasteiger partial charge in [0, 0.05) is 41.8 Å². The molecule has 0 saturated carbocycles. The molecular formula is C24H33N3O. The van der Waals surface area contributed by atoms with E-state index in [1.807, 2.05) is 0 Å². The number of nitrogens with one attached hydrogen (secondary N) is 1. The monoisotopic (exact) mass is 379 g/mol. The highest BCUT2D eigenvalue weighted by atomic mass is 16.2. The van der Waals surface area contributed by atoms with Crippen LogP contribution in [0.4, 0.5) is 0 Å². The topological polar surface area (TPSA) is 39.3 Å². The van der Waals surface area contributed by atoms with Crippen molar-refractivity contribution >= 4 is 22.4 Å². The third-order valence-corrected chi connectivity index (χ3v) is 6.80. The first-order valence-electron chi connectivity index (χ1n) is 10.6. The number of likely N-dealkylation sites (N-methyl/N-ethyl adjacent to an activating group) is 1. The largest absolute Gasteiger partial charge is 0.361 e. The van der Waals surface area contributed by atoms with Crippen LogP contribution in [0.25, 0.3) is 16.5 Å². The van der Waals surface area contributed by atoms with Crippen LogP contribution in [0.5, 0.6) is 0 Å². The molecule has 2 heterocycles. The molecule has 1 aromatic heterocycles. The van der Waals surface area contributed by atoms with Crippen molar-refractivity contribution < 1.29 is 4.79 Å². The quantitative estimate of drug-likeness (QED) is 0.859. The molecule has 2 aromatic rings. The van der Waals surface area contributed by atoms with Gasteiger partial charge in [-0.1, -0.05) is 32.1 Å². The van der Waals surface area contributed by atoms with E-state index in [0.717, 1.165) is 13.0 Å². The Morgan fingerprint density at radius 3 is 2.64 bits per heavy atom. The minimum absolute atomic E-state index is 0.0874. The molecule has 1 aliphatic heterocycles. The number of hydrogen-bond acceptors (Lipinski definition) is 2. The lowest BCUT2D eigenvalue weighted by Crippen LogP contribution is -2.52. The van der Waals surface area contributed by atoms with E-state index in [0.29, 0.717) is 12.0 Å². The molecule has 4 rings (SSSR count). The van der Waals surface area contributed by atoms with Crippen LogP contribution in [0.15, 0.2) is 30.5 Å². The van der Waals surface area contributed by atoms with Gasteiger partial charge in [0.1, 0.15) is 0 Å². The highest BCUT2D eigenvalue weighted by molar-refractivity contribution is 5.99. The third-order valence-electron chi connectivity index (χ3n) is 6.80. The molecule has 2 aliphatic rings. The molecule has 4 heteroatoms. The van der Waals surface area contributed by atoms with E-state index in [1.165, 1.54) is 27.6 Å². The fourth-order valence-corrected chi connectivity index (χ4v) is 5.04. The van der Waals surface area contributed by atoms with Gasteiger partial charge in [-0.05, 0) is 62.9 Å². The van der Waals surface area contributed by atoms with Gasteiger partial charge in [-0.2, -0.15) is 0 Å². The zero-order valence-electron chi connectivity index (χ0n) is 18.0. The molecule has 1 aliphatic carbocycles. The van der Waals surface area contributed by atoms with E-state index in [4.69, 9.17) is 0 Å². The summed E-state index contributed by atoms with van der Waals surface area (Å²) in [5.41, 5.74) is 5.20. The summed E-state index contributed by atoms with van der Waals surface area (Å²) in [6.45, 7) is 11.6. The van der Waals surface area contributed by atoms with Gasteiger partial charge in [0.25, 0.3) is 0 Å². The van der Waals surface area contributed by atoms with E-state index >= 15 is 0 Å². The van der Waals surface area contributed by atoms with Crippen molar-refractivity contribution in [1.82, 2.24) is 14.8 Å². The number of carbonyl (C=O) groups excluding carboxylic acids is 1. The maximum atomic E-state index is 13.6. The molecule has 0 fully saturated rings. The summed E-state index contributed by atoms with van der Waals surface area (Å²) >= 11 is 0. The molecule has 3 unspecified atom stereocenters. The fourth-order valence-electron chi connectivity index (χ4n) is 5.04. The van der Waals surface area contributed by atoms with Gasteiger partial charge in [0.2, 0.25) is 5.91 Å². The number of nitrogens with zero attached hydrogens (tertiary/aromatic N) is 2. The first kappa shape index (κ1) is 19.3. The summed E-state index contributed by atoms with van der Waals surface area (Å²) in [6, 6.07) is 7.28. The minimum Gasteiger partial charge on any atom is -0.361 e. The number of carbonyl (C=O) groups is 1. The highest BCUT2D eigenvalue weighted by Gasteiger charge is 2.38. The van der Waals surface area contributed by atoms with E-state index in [-0.39, 0.29) is 23.9 Å². The lowest BCUT2D eigenvalue weighted by atomic mass is 9.79. The number of H-pyrrole nitrogens is 1. The standard InChI is InChI=1S/C24H33N3O/c1-14(2)16(5)27(15(3)4)24(28)18-10-20-19-8-7-9-21-23(19)17(12-25-21)11-22(20)26(6)13-18/h7-10,12,14-16,18,22,25H,11,13H2,1-6H3. The molecule has 4 nitrogen and oxygen atoms in total. The Hall–Kier alpha value is -2.07. The SMILES string of the molecule is CC(C)C(C)N(C(=O)C1C=C2c3cccc4[nH]cc(c34)CC2N(C)C1)C(C)C. The van der Waals surface area contributed by atoms with Crippen LogP contribution in [0.2, 0.25) is 0 Å².